The Hall–Kier alpha value is -2.53. The van der Waals surface area contributed by atoms with Gasteiger partial charge in [0.15, 0.2) is 5.96 Å². The van der Waals surface area contributed by atoms with Crippen LogP contribution in [0, 0.1) is 0 Å². The lowest BCUT2D eigenvalue weighted by molar-refractivity contribution is 0.0955. The maximum atomic E-state index is 11.9. The van der Waals surface area contributed by atoms with Crippen molar-refractivity contribution in [3.63, 3.8) is 0 Å². The van der Waals surface area contributed by atoms with Crippen molar-refractivity contribution in [2.75, 3.05) is 13.6 Å². The fourth-order valence-corrected chi connectivity index (χ4v) is 2.54. The third-order valence-corrected chi connectivity index (χ3v) is 3.79. The molecule has 1 amide bonds. The van der Waals surface area contributed by atoms with Crippen molar-refractivity contribution in [1.82, 2.24) is 16.0 Å². The van der Waals surface area contributed by atoms with Crippen LogP contribution in [-0.2, 0) is 13.1 Å². The smallest absolute Gasteiger partial charge is 0.251 e. The van der Waals surface area contributed by atoms with E-state index in [-0.39, 0.29) is 5.91 Å². The van der Waals surface area contributed by atoms with Crippen LogP contribution < -0.4 is 16.0 Å². The molecule has 0 aliphatic heterocycles. The first kappa shape index (κ1) is 18.8. The summed E-state index contributed by atoms with van der Waals surface area (Å²) in [6.45, 7) is 3.71. The van der Waals surface area contributed by atoms with Crippen molar-refractivity contribution in [1.29, 1.82) is 0 Å². The number of carbonyl (C=O) groups is 1. The summed E-state index contributed by atoms with van der Waals surface area (Å²) in [6.07, 6.45) is 0. The molecule has 0 aromatic heterocycles. The highest BCUT2D eigenvalue weighted by atomic mass is 35.5. The molecule has 25 heavy (non-hydrogen) atoms. The lowest BCUT2D eigenvalue weighted by Crippen LogP contribution is -2.36. The summed E-state index contributed by atoms with van der Waals surface area (Å²) in [7, 11) is 1.72. The number of hydrogen-bond acceptors (Lipinski definition) is 2. The standard InChI is InChI=1S/C19H23ClN4O/c1-3-22-18(25)16-8-4-6-14(10-16)12-23-19(21-2)24-13-15-7-5-9-17(20)11-15/h4-11H,3,12-13H2,1-2H3,(H,22,25)(H2,21,23,24). The van der Waals surface area contributed by atoms with E-state index in [0.717, 1.165) is 11.1 Å². The first-order valence-electron chi connectivity index (χ1n) is 8.18. The summed E-state index contributed by atoms with van der Waals surface area (Å²) >= 11 is 5.99. The van der Waals surface area contributed by atoms with Crippen LogP contribution in [0.5, 0.6) is 0 Å². The monoisotopic (exact) mass is 358 g/mol. The fourth-order valence-electron chi connectivity index (χ4n) is 2.32. The Morgan fingerprint density at radius 2 is 1.64 bits per heavy atom. The molecule has 2 rings (SSSR count). The molecule has 0 aliphatic carbocycles. The van der Waals surface area contributed by atoms with Gasteiger partial charge >= 0.3 is 0 Å². The van der Waals surface area contributed by atoms with Gasteiger partial charge in [0.1, 0.15) is 0 Å². The molecule has 132 valence electrons. The van der Waals surface area contributed by atoms with Crippen LogP contribution in [0.1, 0.15) is 28.4 Å². The zero-order chi connectivity index (χ0) is 18.1. The van der Waals surface area contributed by atoms with Gasteiger partial charge in [-0.1, -0.05) is 35.9 Å². The zero-order valence-electron chi connectivity index (χ0n) is 14.5. The Balaban J connectivity index is 1.90. The van der Waals surface area contributed by atoms with E-state index in [1.54, 1.807) is 13.1 Å². The van der Waals surface area contributed by atoms with Gasteiger partial charge < -0.3 is 16.0 Å². The van der Waals surface area contributed by atoms with Crippen LogP contribution in [0.25, 0.3) is 0 Å². The van der Waals surface area contributed by atoms with Gasteiger partial charge in [-0.2, -0.15) is 0 Å². The lowest BCUT2D eigenvalue weighted by atomic mass is 10.1. The van der Waals surface area contributed by atoms with Gasteiger partial charge in [0, 0.05) is 37.3 Å². The molecule has 2 aromatic rings. The summed E-state index contributed by atoms with van der Waals surface area (Å²) in [5.74, 6) is 0.621. The topological polar surface area (TPSA) is 65.5 Å². The average Bonchev–Trinajstić information content (AvgIpc) is 2.62. The van der Waals surface area contributed by atoms with Gasteiger partial charge in [-0.15, -0.1) is 0 Å². The first-order chi connectivity index (χ1) is 12.1. The van der Waals surface area contributed by atoms with Crippen molar-refractivity contribution in [2.24, 2.45) is 4.99 Å². The number of carbonyl (C=O) groups excluding carboxylic acids is 1. The number of guanidine groups is 1. The average molecular weight is 359 g/mol. The van der Waals surface area contributed by atoms with Crippen LogP contribution in [0.4, 0.5) is 0 Å². The van der Waals surface area contributed by atoms with E-state index in [9.17, 15) is 4.79 Å². The van der Waals surface area contributed by atoms with Crippen LogP contribution in [0.3, 0.4) is 0 Å². The van der Waals surface area contributed by atoms with Crippen molar-refractivity contribution in [2.45, 2.75) is 20.0 Å². The summed E-state index contributed by atoms with van der Waals surface area (Å²) in [5, 5.41) is 10.00. The Labute approximate surface area is 153 Å². The summed E-state index contributed by atoms with van der Waals surface area (Å²) in [6, 6.07) is 15.2. The molecular formula is C19H23ClN4O. The third-order valence-electron chi connectivity index (χ3n) is 3.56. The molecule has 0 fully saturated rings. The van der Waals surface area contributed by atoms with Crippen LogP contribution in [-0.4, -0.2) is 25.5 Å². The van der Waals surface area contributed by atoms with Gasteiger partial charge in [0.25, 0.3) is 5.91 Å². The Morgan fingerprint density at radius 3 is 2.24 bits per heavy atom. The molecule has 0 unspecified atom stereocenters. The Morgan fingerprint density at radius 1 is 1.00 bits per heavy atom. The number of hydrogen-bond donors (Lipinski definition) is 3. The van der Waals surface area contributed by atoms with Gasteiger partial charge in [-0.05, 0) is 42.3 Å². The molecule has 3 N–H and O–H groups in total. The number of nitrogens with zero attached hydrogens (tertiary/aromatic N) is 1. The highest BCUT2D eigenvalue weighted by molar-refractivity contribution is 6.30. The second-order valence-corrected chi connectivity index (χ2v) is 5.91. The Kier molecular flexibility index (Phi) is 7.29. The maximum Gasteiger partial charge on any atom is 0.251 e. The minimum absolute atomic E-state index is 0.0622. The molecule has 0 aliphatic rings. The summed E-state index contributed by atoms with van der Waals surface area (Å²) < 4.78 is 0. The van der Waals surface area contributed by atoms with E-state index < -0.39 is 0 Å². The highest BCUT2D eigenvalue weighted by Gasteiger charge is 2.05. The number of aliphatic imine (C=N–C) groups is 1. The molecule has 0 atom stereocenters. The normalized spacial score (nSPS) is 11.1. The number of halogens is 1. The van der Waals surface area contributed by atoms with Gasteiger partial charge in [0.05, 0.1) is 0 Å². The molecule has 0 spiro atoms. The fraction of sp³-hybridized carbons (Fsp3) is 0.263. The van der Waals surface area contributed by atoms with Crippen molar-refractivity contribution in [3.8, 4) is 0 Å². The molecular weight excluding hydrogens is 336 g/mol. The quantitative estimate of drug-likeness (QED) is 0.549. The summed E-state index contributed by atoms with van der Waals surface area (Å²) in [4.78, 5) is 16.1. The zero-order valence-corrected chi connectivity index (χ0v) is 15.2. The number of benzene rings is 2. The molecule has 0 heterocycles. The van der Waals surface area contributed by atoms with E-state index in [0.29, 0.717) is 36.2 Å². The van der Waals surface area contributed by atoms with Crippen molar-refractivity contribution < 1.29 is 4.79 Å². The second kappa shape index (κ2) is 9.69. The van der Waals surface area contributed by atoms with E-state index in [4.69, 9.17) is 11.6 Å². The van der Waals surface area contributed by atoms with Crippen molar-refractivity contribution in [3.05, 3.63) is 70.2 Å². The van der Waals surface area contributed by atoms with Crippen molar-refractivity contribution >= 4 is 23.5 Å². The predicted molar refractivity (Wildman–Crippen MR) is 103 cm³/mol. The number of rotatable bonds is 6. The molecule has 0 saturated heterocycles. The lowest BCUT2D eigenvalue weighted by Gasteiger charge is -2.13. The largest absolute Gasteiger partial charge is 0.352 e. The van der Waals surface area contributed by atoms with Gasteiger partial charge in [-0.3, -0.25) is 9.79 Å². The summed E-state index contributed by atoms with van der Waals surface area (Å²) in [5.41, 5.74) is 2.74. The van der Waals surface area contributed by atoms with Gasteiger partial charge in [-0.25, -0.2) is 0 Å². The molecule has 5 nitrogen and oxygen atoms in total. The SMILES string of the molecule is CCNC(=O)c1cccc(CNC(=NC)NCc2cccc(Cl)c2)c1. The molecule has 0 saturated carbocycles. The molecule has 0 bridgehead atoms. The van der Waals surface area contributed by atoms with Gasteiger partial charge in [0.2, 0.25) is 0 Å². The molecule has 0 radical (unpaired) electrons. The maximum absolute atomic E-state index is 11.9. The number of amides is 1. The first-order valence-corrected chi connectivity index (χ1v) is 8.56. The van der Waals surface area contributed by atoms with E-state index in [1.165, 1.54) is 0 Å². The molecule has 6 heteroatoms. The minimum Gasteiger partial charge on any atom is -0.352 e. The number of nitrogens with one attached hydrogen (secondary N) is 3. The van der Waals surface area contributed by atoms with E-state index >= 15 is 0 Å². The van der Waals surface area contributed by atoms with Crippen LogP contribution in [0.15, 0.2) is 53.5 Å². The highest BCUT2D eigenvalue weighted by Crippen LogP contribution is 2.10. The Bertz CT molecular complexity index is 746. The van der Waals surface area contributed by atoms with Crippen LogP contribution in [0.2, 0.25) is 5.02 Å². The molecule has 2 aromatic carbocycles. The third kappa shape index (κ3) is 6.12. The minimum atomic E-state index is -0.0622. The van der Waals surface area contributed by atoms with E-state index in [1.807, 2.05) is 49.4 Å². The predicted octanol–water partition coefficient (Wildman–Crippen LogP) is 2.95. The second-order valence-electron chi connectivity index (χ2n) is 5.47. The van der Waals surface area contributed by atoms with Crippen LogP contribution >= 0.6 is 11.6 Å². The van der Waals surface area contributed by atoms with E-state index in [2.05, 4.69) is 20.9 Å².